The Balaban J connectivity index is 1.50. The molecule has 4 aromatic rings. The normalized spacial score (nSPS) is 11.5. The van der Waals surface area contributed by atoms with Crippen LogP contribution in [0.4, 0.5) is 0 Å². The van der Waals surface area contributed by atoms with Gasteiger partial charge in [-0.05, 0) is 49.4 Å². The summed E-state index contributed by atoms with van der Waals surface area (Å²) in [5, 5.41) is 9.80. The summed E-state index contributed by atoms with van der Waals surface area (Å²) in [6.45, 7) is 2.19. The number of nitrogens with zero attached hydrogens (tertiary/aromatic N) is 1. The third kappa shape index (κ3) is 3.78. The summed E-state index contributed by atoms with van der Waals surface area (Å²) in [4.78, 5) is 4.55. The third-order valence-corrected chi connectivity index (χ3v) is 4.18. The molecule has 5 heteroatoms. The molecule has 0 fully saturated rings. The quantitative estimate of drug-likeness (QED) is 0.524. The van der Waals surface area contributed by atoms with E-state index in [1.807, 2.05) is 61.5 Å². The lowest BCUT2D eigenvalue weighted by Gasteiger charge is -2.04. The van der Waals surface area contributed by atoms with Crippen LogP contribution in [0.15, 0.2) is 69.5 Å². The van der Waals surface area contributed by atoms with Crippen LogP contribution in [0.2, 0.25) is 0 Å². The highest BCUT2D eigenvalue weighted by Crippen LogP contribution is 2.26. The summed E-state index contributed by atoms with van der Waals surface area (Å²) >= 11 is 0. The number of oxazole rings is 1. The summed E-state index contributed by atoms with van der Waals surface area (Å²) in [6, 6.07) is 17.3. The lowest BCUT2D eigenvalue weighted by atomic mass is 10.2. The second-order valence-electron chi connectivity index (χ2n) is 6.11. The van der Waals surface area contributed by atoms with Crippen LogP contribution in [0.1, 0.15) is 17.2 Å². The summed E-state index contributed by atoms with van der Waals surface area (Å²) in [5.41, 5.74) is 2.48. The maximum Gasteiger partial charge on any atom is 0.226 e. The molecule has 0 spiro atoms. The van der Waals surface area contributed by atoms with Gasteiger partial charge >= 0.3 is 0 Å². The first-order chi connectivity index (χ1) is 13.2. The van der Waals surface area contributed by atoms with Crippen LogP contribution in [0.3, 0.4) is 0 Å². The summed E-state index contributed by atoms with van der Waals surface area (Å²) in [5.74, 6) is 2.76. The van der Waals surface area contributed by atoms with Crippen molar-refractivity contribution in [2.24, 2.45) is 0 Å². The summed E-state index contributed by atoms with van der Waals surface area (Å²) in [7, 11) is 0. The molecule has 2 aromatic heterocycles. The Bertz CT molecular complexity index is 1080. The molecule has 5 nitrogen and oxygen atoms in total. The van der Waals surface area contributed by atoms with Crippen molar-refractivity contribution in [3.05, 3.63) is 77.9 Å². The van der Waals surface area contributed by atoms with Crippen LogP contribution >= 0.6 is 0 Å². The molecule has 136 valence electrons. The number of ether oxygens (including phenoxy) is 1. The van der Waals surface area contributed by atoms with E-state index in [1.165, 1.54) is 0 Å². The number of aryl methyl sites for hydroxylation is 1. The number of fused-ring (bicyclic) bond motifs is 1. The third-order valence-electron chi connectivity index (χ3n) is 4.18. The predicted octanol–water partition coefficient (Wildman–Crippen LogP) is 4.98. The Labute approximate surface area is 156 Å². The van der Waals surface area contributed by atoms with E-state index in [-0.39, 0.29) is 6.61 Å². The molecule has 0 saturated heterocycles. The molecule has 4 rings (SSSR count). The molecule has 0 aliphatic carbocycles. The van der Waals surface area contributed by atoms with Crippen LogP contribution in [-0.2, 0) is 6.61 Å². The zero-order valence-corrected chi connectivity index (χ0v) is 14.9. The number of aromatic nitrogens is 1. The van der Waals surface area contributed by atoms with E-state index in [9.17, 15) is 0 Å². The molecule has 1 N–H and O–H groups in total. The molecular weight excluding hydrogens is 342 g/mol. The minimum Gasteiger partial charge on any atom is -0.487 e. The summed E-state index contributed by atoms with van der Waals surface area (Å²) in [6.07, 6.45) is 3.37. The molecule has 2 aromatic carbocycles. The number of aliphatic hydroxyl groups excluding tert-OH is 1. The molecular formula is C22H19NO4. The Hall–Kier alpha value is -3.31. The Kier molecular flexibility index (Phi) is 4.77. The molecule has 0 bridgehead atoms. The first-order valence-corrected chi connectivity index (χ1v) is 8.68. The van der Waals surface area contributed by atoms with Gasteiger partial charge in [-0.2, -0.15) is 0 Å². The molecule has 0 aliphatic rings. The molecule has 0 atom stereocenters. The SMILES string of the molecule is Cc1oc(-c2ccccc2)nc1COc1ccc2oc(C=CCO)cc2c1. The van der Waals surface area contributed by atoms with Crippen LogP contribution in [0.25, 0.3) is 28.5 Å². The zero-order chi connectivity index (χ0) is 18.6. The lowest BCUT2D eigenvalue weighted by Crippen LogP contribution is -1.97. The van der Waals surface area contributed by atoms with Crippen molar-refractivity contribution in [3.63, 3.8) is 0 Å². The van der Waals surface area contributed by atoms with Gasteiger partial charge in [0.25, 0.3) is 0 Å². The number of benzene rings is 2. The highest BCUT2D eigenvalue weighted by molar-refractivity contribution is 5.81. The van der Waals surface area contributed by atoms with Crippen LogP contribution in [0, 0.1) is 6.92 Å². The highest BCUT2D eigenvalue weighted by atomic mass is 16.5. The van der Waals surface area contributed by atoms with E-state index in [2.05, 4.69) is 4.98 Å². The molecule has 2 heterocycles. The van der Waals surface area contributed by atoms with Gasteiger partial charge in [-0.3, -0.25) is 0 Å². The number of furan rings is 1. The van der Waals surface area contributed by atoms with Gasteiger partial charge in [0.2, 0.25) is 5.89 Å². The largest absolute Gasteiger partial charge is 0.487 e. The van der Waals surface area contributed by atoms with Crippen LogP contribution in [-0.4, -0.2) is 16.7 Å². The molecule has 0 unspecified atom stereocenters. The molecule has 27 heavy (non-hydrogen) atoms. The predicted molar refractivity (Wildman–Crippen MR) is 103 cm³/mol. The maximum absolute atomic E-state index is 8.86. The van der Waals surface area contributed by atoms with Crippen molar-refractivity contribution in [2.75, 3.05) is 6.61 Å². The van der Waals surface area contributed by atoms with Crippen molar-refractivity contribution in [1.29, 1.82) is 0 Å². The van der Waals surface area contributed by atoms with Gasteiger partial charge in [-0.25, -0.2) is 4.98 Å². The highest BCUT2D eigenvalue weighted by Gasteiger charge is 2.12. The van der Waals surface area contributed by atoms with Crippen molar-refractivity contribution >= 4 is 17.0 Å². The molecule has 0 radical (unpaired) electrons. The number of rotatable bonds is 6. The van der Waals surface area contributed by atoms with Gasteiger partial charge in [0.1, 0.15) is 35.2 Å². The van der Waals surface area contributed by atoms with Gasteiger partial charge in [-0.15, -0.1) is 0 Å². The second kappa shape index (κ2) is 7.51. The van der Waals surface area contributed by atoms with Crippen molar-refractivity contribution < 1.29 is 18.7 Å². The van der Waals surface area contributed by atoms with Gasteiger partial charge in [0.15, 0.2) is 0 Å². The standard InChI is InChI=1S/C22H19NO4/c1-15-20(23-22(26-15)16-6-3-2-4-7-16)14-25-18-9-10-21-17(12-18)13-19(27-21)8-5-11-24/h2-10,12-13,24H,11,14H2,1H3. The topological polar surface area (TPSA) is 68.6 Å². The first-order valence-electron chi connectivity index (χ1n) is 8.68. The average Bonchev–Trinajstić information content (AvgIpc) is 3.28. The van der Waals surface area contributed by atoms with Gasteiger partial charge in [-0.1, -0.05) is 24.3 Å². The van der Waals surface area contributed by atoms with Crippen molar-refractivity contribution in [1.82, 2.24) is 4.98 Å². The Morgan fingerprint density at radius 3 is 2.74 bits per heavy atom. The summed E-state index contributed by atoms with van der Waals surface area (Å²) < 4.78 is 17.3. The monoisotopic (exact) mass is 361 g/mol. The fourth-order valence-corrected chi connectivity index (χ4v) is 2.80. The van der Waals surface area contributed by atoms with E-state index in [1.54, 1.807) is 12.2 Å². The fourth-order valence-electron chi connectivity index (χ4n) is 2.80. The van der Waals surface area contributed by atoms with Crippen LogP contribution < -0.4 is 4.74 Å². The zero-order valence-electron chi connectivity index (χ0n) is 14.9. The van der Waals surface area contributed by atoms with Crippen molar-refractivity contribution in [2.45, 2.75) is 13.5 Å². The van der Waals surface area contributed by atoms with E-state index < -0.39 is 0 Å². The molecule has 0 aliphatic heterocycles. The van der Waals surface area contributed by atoms with Crippen LogP contribution in [0.5, 0.6) is 5.75 Å². The number of aliphatic hydroxyl groups is 1. The number of hydrogen-bond acceptors (Lipinski definition) is 5. The van der Waals surface area contributed by atoms with E-state index in [0.29, 0.717) is 18.3 Å². The fraction of sp³-hybridized carbons (Fsp3) is 0.136. The molecule has 0 saturated carbocycles. The van der Waals surface area contributed by atoms with Gasteiger partial charge < -0.3 is 18.7 Å². The molecule has 0 amide bonds. The Morgan fingerprint density at radius 1 is 1.07 bits per heavy atom. The van der Waals surface area contributed by atoms with E-state index in [4.69, 9.17) is 18.7 Å². The second-order valence-corrected chi connectivity index (χ2v) is 6.11. The van der Waals surface area contributed by atoms with Gasteiger partial charge in [0, 0.05) is 10.9 Å². The number of hydrogen-bond donors (Lipinski definition) is 1. The van der Waals surface area contributed by atoms with Gasteiger partial charge in [0.05, 0.1) is 6.61 Å². The smallest absolute Gasteiger partial charge is 0.226 e. The van der Waals surface area contributed by atoms with Crippen molar-refractivity contribution in [3.8, 4) is 17.2 Å². The minimum absolute atomic E-state index is 0.0204. The first kappa shape index (κ1) is 17.1. The van der Waals surface area contributed by atoms with E-state index >= 15 is 0 Å². The van der Waals surface area contributed by atoms with E-state index in [0.717, 1.165) is 33.7 Å². The maximum atomic E-state index is 8.86. The Morgan fingerprint density at radius 2 is 1.93 bits per heavy atom. The minimum atomic E-state index is -0.0204. The average molecular weight is 361 g/mol. The lowest BCUT2D eigenvalue weighted by molar-refractivity contribution is 0.300.